The number of hydrogen-bond acceptors (Lipinski definition) is 4. The zero-order valence-corrected chi connectivity index (χ0v) is 12.3. The van der Waals surface area contributed by atoms with E-state index in [4.69, 9.17) is 4.74 Å². The van der Waals surface area contributed by atoms with Gasteiger partial charge >= 0.3 is 5.69 Å². The number of nitro groups is 1. The quantitative estimate of drug-likeness (QED) is 0.678. The molecule has 22 heavy (non-hydrogen) atoms. The molecule has 114 valence electrons. The Morgan fingerprint density at radius 1 is 1.18 bits per heavy atom. The Morgan fingerprint density at radius 3 is 2.45 bits per heavy atom. The highest BCUT2D eigenvalue weighted by Crippen LogP contribution is 2.27. The van der Waals surface area contributed by atoms with E-state index in [9.17, 15) is 14.9 Å². The van der Waals surface area contributed by atoms with Gasteiger partial charge in [0, 0.05) is 11.8 Å². The molecule has 0 radical (unpaired) electrons. The highest BCUT2D eigenvalue weighted by atomic mass is 16.6. The van der Waals surface area contributed by atoms with E-state index < -0.39 is 11.0 Å². The van der Waals surface area contributed by atoms with E-state index in [1.807, 2.05) is 19.1 Å². The molecule has 0 aliphatic carbocycles. The summed E-state index contributed by atoms with van der Waals surface area (Å²) in [5, 5.41) is 13.6. The van der Waals surface area contributed by atoms with Gasteiger partial charge in [-0.15, -0.1) is 0 Å². The Bertz CT molecular complexity index is 683. The summed E-state index contributed by atoms with van der Waals surface area (Å²) < 4.78 is 5.41. The van der Waals surface area contributed by atoms with Crippen LogP contribution in [0, 0.1) is 17.0 Å². The molecular weight excluding hydrogens is 284 g/mol. The van der Waals surface area contributed by atoms with Gasteiger partial charge in [-0.1, -0.05) is 29.8 Å². The fraction of sp³-hybridized carbons (Fsp3) is 0.188. The maximum absolute atomic E-state index is 12.1. The predicted molar refractivity (Wildman–Crippen MR) is 83.0 cm³/mol. The summed E-state index contributed by atoms with van der Waals surface area (Å²) in [7, 11) is 0. The summed E-state index contributed by atoms with van der Waals surface area (Å²) in [6.45, 7) is 3.49. The number of aryl methyl sites for hydroxylation is 1. The van der Waals surface area contributed by atoms with E-state index in [-0.39, 0.29) is 17.3 Å². The molecule has 2 aromatic carbocycles. The number of nitro benzene ring substituents is 1. The number of nitrogens with one attached hydrogen (secondary N) is 1. The molecule has 1 unspecified atom stereocenters. The number of amides is 1. The minimum absolute atomic E-state index is 0.0686. The maximum Gasteiger partial charge on any atom is 0.310 e. The van der Waals surface area contributed by atoms with E-state index in [0.717, 1.165) is 5.56 Å². The van der Waals surface area contributed by atoms with Gasteiger partial charge < -0.3 is 10.1 Å². The van der Waals surface area contributed by atoms with Gasteiger partial charge in [-0.05, 0) is 32.0 Å². The van der Waals surface area contributed by atoms with Gasteiger partial charge in [-0.3, -0.25) is 14.9 Å². The fourth-order valence-corrected chi connectivity index (χ4v) is 1.83. The van der Waals surface area contributed by atoms with Gasteiger partial charge in [0.05, 0.1) is 4.92 Å². The van der Waals surface area contributed by atoms with Crippen LogP contribution in [0.5, 0.6) is 5.75 Å². The smallest absolute Gasteiger partial charge is 0.310 e. The van der Waals surface area contributed by atoms with Crippen molar-refractivity contribution in [2.75, 3.05) is 5.32 Å². The first-order valence-electron chi connectivity index (χ1n) is 6.75. The fourth-order valence-electron chi connectivity index (χ4n) is 1.83. The Labute approximate surface area is 127 Å². The number of carbonyl (C=O) groups excluding carboxylic acids is 1. The molecule has 6 nitrogen and oxygen atoms in total. The number of nitrogens with zero attached hydrogens (tertiary/aromatic N) is 1. The average Bonchev–Trinajstić information content (AvgIpc) is 2.49. The summed E-state index contributed by atoms with van der Waals surface area (Å²) >= 11 is 0. The predicted octanol–water partition coefficient (Wildman–Crippen LogP) is 3.31. The minimum atomic E-state index is -0.859. The third-order valence-electron chi connectivity index (χ3n) is 3.05. The van der Waals surface area contributed by atoms with Crippen LogP contribution in [-0.4, -0.2) is 16.9 Å². The molecule has 0 bridgehead atoms. The number of hydrogen-bond donors (Lipinski definition) is 1. The van der Waals surface area contributed by atoms with Gasteiger partial charge in [-0.25, -0.2) is 0 Å². The lowest BCUT2D eigenvalue weighted by atomic mass is 10.2. The van der Waals surface area contributed by atoms with Gasteiger partial charge in [-0.2, -0.15) is 0 Å². The minimum Gasteiger partial charge on any atom is -0.474 e. The van der Waals surface area contributed by atoms with E-state index in [2.05, 4.69) is 5.32 Å². The van der Waals surface area contributed by atoms with Crippen molar-refractivity contribution in [3.63, 3.8) is 0 Å². The van der Waals surface area contributed by atoms with Crippen molar-refractivity contribution in [2.24, 2.45) is 0 Å². The number of anilines is 1. The van der Waals surface area contributed by atoms with Gasteiger partial charge in [0.15, 0.2) is 11.9 Å². The van der Waals surface area contributed by atoms with E-state index in [1.165, 1.54) is 12.1 Å². The Hall–Kier alpha value is -2.89. The number of ether oxygens (including phenoxy) is 1. The van der Waals surface area contributed by atoms with Crippen LogP contribution in [0.3, 0.4) is 0 Å². The number of para-hydroxylation sites is 2. The molecule has 0 fully saturated rings. The van der Waals surface area contributed by atoms with Crippen molar-refractivity contribution in [1.29, 1.82) is 0 Å². The third kappa shape index (κ3) is 3.82. The zero-order chi connectivity index (χ0) is 16.1. The summed E-state index contributed by atoms with van der Waals surface area (Å²) in [5.41, 5.74) is 1.56. The molecule has 1 N–H and O–H groups in total. The summed E-state index contributed by atoms with van der Waals surface area (Å²) in [5.74, 6) is -0.305. The lowest BCUT2D eigenvalue weighted by Crippen LogP contribution is -2.30. The number of carbonyl (C=O) groups is 1. The molecular formula is C16H16N2O4. The topological polar surface area (TPSA) is 81.5 Å². The lowest BCUT2D eigenvalue weighted by Gasteiger charge is -2.14. The van der Waals surface area contributed by atoms with E-state index in [1.54, 1.807) is 31.2 Å². The Kier molecular flexibility index (Phi) is 4.73. The van der Waals surface area contributed by atoms with Crippen molar-refractivity contribution in [3.8, 4) is 5.75 Å². The van der Waals surface area contributed by atoms with Crippen LogP contribution in [0.15, 0.2) is 48.5 Å². The van der Waals surface area contributed by atoms with Crippen molar-refractivity contribution in [2.45, 2.75) is 20.0 Å². The molecule has 0 spiro atoms. The van der Waals surface area contributed by atoms with E-state index >= 15 is 0 Å². The molecule has 2 rings (SSSR count). The summed E-state index contributed by atoms with van der Waals surface area (Å²) in [6.07, 6.45) is -0.859. The highest BCUT2D eigenvalue weighted by Gasteiger charge is 2.20. The largest absolute Gasteiger partial charge is 0.474 e. The molecule has 1 atom stereocenters. The molecule has 0 saturated carbocycles. The van der Waals surface area contributed by atoms with Crippen molar-refractivity contribution >= 4 is 17.3 Å². The molecule has 1 amide bonds. The van der Waals surface area contributed by atoms with Gasteiger partial charge in [0.1, 0.15) is 0 Å². The first-order chi connectivity index (χ1) is 10.5. The SMILES string of the molecule is Cc1ccc(NC(=O)C(C)Oc2ccccc2[N+](=O)[O-])cc1. The van der Waals surface area contributed by atoms with Crippen LogP contribution in [0.1, 0.15) is 12.5 Å². The van der Waals surface area contributed by atoms with Crippen LogP contribution >= 0.6 is 0 Å². The normalized spacial score (nSPS) is 11.5. The molecule has 0 aliphatic rings. The van der Waals surface area contributed by atoms with Gasteiger partial charge in [0.25, 0.3) is 5.91 Å². The molecule has 0 aliphatic heterocycles. The Balaban J connectivity index is 2.05. The first-order valence-corrected chi connectivity index (χ1v) is 6.75. The second-order valence-electron chi connectivity index (χ2n) is 4.84. The molecule has 0 aromatic heterocycles. The van der Waals surface area contributed by atoms with Crippen molar-refractivity contribution < 1.29 is 14.5 Å². The van der Waals surface area contributed by atoms with E-state index in [0.29, 0.717) is 5.69 Å². The maximum atomic E-state index is 12.1. The highest BCUT2D eigenvalue weighted by molar-refractivity contribution is 5.94. The van der Waals surface area contributed by atoms with Crippen LogP contribution in [-0.2, 0) is 4.79 Å². The van der Waals surface area contributed by atoms with Gasteiger partial charge in [0.2, 0.25) is 0 Å². The van der Waals surface area contributed by atoms with Crippen LogP contribution in [0.4, 0.5) is 11.4 Å². The summed E-state index contributed by atoms with van der Waals surface area (Å²) in [6, 6.07) is 13.3. The summed E-state index contributed by atoms with van der Waals surface area (Å²) in [4.78, 5) is 22.5. The van der Waals surface area contributed by atoms with Crippen LogP contribution in [0.2, 0.25) is 0 Å². The first kappa shape index (κ1) is 15.5. The zero-order valence-electron chi connectivity index (χ0n) is 12.3. The number of benzene rings is 2. The second-order valence-corrected chi connectivity index (χ2v) is 4.84. The number of rotatable bonds is 5. The Morgan fingerprint density at radius 2 is 1.82 bits per heavy atom. The third-order valence-corrected chi connectivity index (χ3v) is 3.05. The molecule has 0 saturated heterocycles. The van der Waals surface area contributed by atoms with Crippen molar-refractivity contribution in [3.05, 3.63) is 64.2 Å². The van der Waals surface area contributed by atoms with Crippen molar-refractivity contribution in [1.82, 2.24) is 0 Å². The lowest BCUT2D eigenvalue weighted by molar-refractivity contribution is -0.386. The average molecular weight is 300 g/mol. The molecule has 0 heterocycles. The molecule has 2 aromatic rings. The van der Waals surface area contributed by atoms with Crippen LogP contribution in [0.25, 0.3) is 0 Å². The monoisotopic (exact) mass is 300 g/mol. The standard InChI is InChI=1S/C16H16N2O4/c1-11-7-9-13(10-8-11)17-16(19)12(2)22-15-6-4-3-5-14(15)18(20)21/h3-10,12H,1-2H3,(H,17,19). The molecule has 6 heteroatoms. The second kappa shape index (κ2) is 6.71. The van der Waals surface area contributed by atoms with Crippen LogP contribution < -0.4 is 10.1 Å².